The number of hydrogen-bond acceptors (Lipinski definition) is 5. The van der Waals surface area contributed by atoms with Crippen LogP contribution in [0.2, 0.25) is 0 Å². The summed E-state index contributed by atoms with van der Waals surface area (Å²) in [4.78, 5) is 41.8. The molecule has 33 heavy (non-hydrogen) atoms. The number of hydrogen-bond donors (Lipinski definition) is 3. The Morgan fingerprint density at radius 2 is 1.79 bits per heavy atom. The number of carbonyl (C=O) groups is 3. The minimum absolute atomic E-state index is 0.0705. The SMILES string of the molecule is CCCCCNC(=O)C1N(CCCCCCO)C(=O)[C@@H]2[C@H](C(=O)NCCC)[C@H]3OC12CC3Br. The highest BCUT2D eigenvalue weighted by Gasteiger charge is 2.76. The molecular formula is C24H40BrN3O5. The van der Waals surface area contributed by atoms with E-state index in [1.54, 1.807) is 4.90 Å². The van der Waals surface area contributed by atoms with Crippen LogP contribution in [-0.4, -0.2) is 76.5 Å². The average molecular weight is 531 g/mol. The number of amides is 3. The van der Waals surface area contributed by atoms with Gasteiger partial charge in [0.1, 0.15) is 11.6 Å². The van der Waals surface area contributed by atoms with Gasteiger partial charge in [0.2, 0.25) is 17.7 Å². The monoisotopic (exact) mass is 529 g/mol. The molecule has 3 N–H and O–H groups in total. The van der Waals surface area contributed by atoms with Crippen LogP contribution in [0.3, 0.4) is 0 Å². The van der Waals surface area contributed by atoms with E-state index in [9.17, 15) is 14.4 Å². The van der Waals surface area contributed by atoms with E-state index >= 15 is 0 Å². The molecule has 3 aliphatic heterocycles. The van der Waals surface area contributed by atoms with Crippen molar-refractivity contribution < 1.29 is 24.2 Å². The third-order valence-corrected chi connectivity index (χ3v) is 8.12. The number of rotatable bonds is 14. The molecule has 9 heteroatoms. The van der Waals surface area contributed by atoms with Gasteiger partial charge in [-0.3, -0.25) is 14.4 Å². The summed E-state index contributed by atoms with van der Waals surface area (Å²) in [6, 6.07) is -0.719. The van der Waals surface area contributed by atoms with Crippen LogP contribution in [0.25, 0.3) is 0 Å². The Balaban J connectivity index is 1.83. The van der Waals surface area contributed by atoms with E-state index < -0.39 is 29.6 Å². The van der Waals surface area contributed by atoms with Gasteiger partial charge in [-0.05, 0) is 32.1 Å². The van der Waals surface area contributed by atoms with E-state index in [0.29, 0.717) is 26.1 Å². The molecule has 6 atom stereocenters. The molecule has 3 saturated heterocycles. The molecule has 2 bridgehead atoms. The molecule has 3 fully saturated rings. The van der Waals surface area contributed by atoms with Crippen LogP contribution in [-0.2, 0) is 19.1 Å². The molecule has 0 aromatic rings. The standard InChI is InChI=1S/C24H40BrN3O5/c1-3-5-8-12-27-22(31)20-24-15-16(25)19(33-24)17(21(30)26-11-4-2)18(24)23(32)28(20)13-9-6-7-10-14-29/h16-20,29H,3-15H2,1-2H3,(H,26,30)(H,27,31)/t16?,17-,18-,19-,20?,24?/m0/s1. The molecule has 3 aliphatic rings. The number of nitrogens with zero attached hydrogens (tertiary/aromatic N) is 1. The number of nitrogens with one attached hydrogen (secondary N) is 2. The van der Waals surface area contributed by atoms with E-state index in [4.69, 9.17) is 9.84 Å². The Bertz CT molecular complexity index is 708. The highest BCUT2D eigenvalue weighted by atomic mass is 79.9. The van der Waals surface area contributed by atoms with Crippen molar-refractivity contribution >= 4 is 33.7 Å². The van der Waals surface area contributed by atoms with Gasteiger partial charge in [0.05, 0.1) is 17.9 Å². The van der Waals surface area contributed by atoms with Crippen molar-refractivity contribution in [1.29, 1.82) is 0 Å². The Hall–Kier alpha value is -1.19. The lowest BCUT2D eigenvalue weighted by Gasteiger charge is -2.34. The average Bonchev–Trinajstić information content (AvgIpc) is 3.38. The number of aliphatic hydroxyl groups excluding tert-OH is 1. The molecule has 1 spiro atoms. The zero-order chi connectivity index (χ0) is 24.0. The van der Waals surface area contributed by atoms with Gasteiger partial charge in [-0.2, -0.15) is 0 Å². The molecule has 3 amide bonds. The second kappa shape index (κ2) is 12.0. The first-order chi connectivity index (χ1) is 15.9. The molecule has 0 aromatic carbocycles. The van der Waals surface area contributed by atoms with Gasteiger partial charge < -0.3 is 25.4 Å². The number of likely N-dealkylation sites (tertiary alicyclic amines) is 1. The minimum atomic E-state index is -0.968. The molecule has 8 nitrogen and oxygen atoms in total. The molecule has 3 heterocycles. The maximum atomic E-state index is 13.7. The zero-order valence-corrected chi connectivity index (χ0v) is 21.6. The Labute approximate surface area is 205 Å². The van der Waals surface area contributed by atoms with Crippen molar-refractivity contribution in [2.45, 2.75) is 94.2 Å². The largest absolute Gasteiger partial charge is 0.396 e. The van der Waals surface area contributed by atoms with E-state index in [0.717, 1.165) is 51.4 Å². The number of halogens is 1. The van der Waals surface area contributed by atoms with Crippen molar-refractivity contribution in [3.05, 3.63) is 0 Å². The predicted molar refractivity (Wildman–Crippen MR) is 129 cm³/mol. The van der Waals surface area contributed by atoms with Gasteiger partial charge in [-0.25, -0.2) is 0 Å². The Kier molecular flexibility index (Phi) is 9.59. The third kappa shape index (κ3) is 5.25. The topological polar surface area (TPSA) is 108 Å². The van der Waals surface area contributed by atoms with Gasteiger partial charge >= 0.3 is 0 Å². The Morgan fingerprint density at radius 1 is 1.06 bits per heavy atom. The lowest BCUT2D eigenvalue weighted by Crippen LogP contribution is -2.56. The van der Waals surface area contributed by atoms with E-state index in [1.165, 1.54) is 0 Å². The van der Waals surface area contributed by atoms with E-state index in [1.807, 2.05) is 6.92 Å². The summed E-state index contributed by atoms with van der Waals surface area (Å²) in [7, 11) is 0. The van der Waals surface area contributed by atoms with Crippen molar-refractivity contribution in [2.75, 3.05) is 26.2 Å². The van der Waals surface area contributed by atoms with Crippen molar-refractivity contribution in [1.82, 2.24) is 15.5 Å². The summed E-state index contributed by atoms with van der Waals surface area (Å²) in [6.07, 6.45) is 7.18. The van der Waals surface area contributed by atoms with Crippen LogP contribution in [0.4, 0.5) is 0 Å². The Morgan fingerprint density at radius 3 is 2.48 bits per heavy atom. The highest BCUT2D eigenvalue weighted by molar-refractivity contribution is 9.09. The first kappa shape index (κ1) is 26.4. The fourth-order valence-corrected chi connectivity index (χ4v) is 6.71. The van der Waals surface area contributed by atoms with Gasteiger partial charge in [0.25, 0.3) is 0 Å². The quantitative estimate of drug-likeness (QED) is 0.236. The van der Waals surface area contributed by atoms with Crippen molar-refractivity contribution in [2.24, 2.45) is 11.8 Å². The summed E-state index contributed by atoms with van der Waals surface area (Å²) in [5, 5.41) is 15.0. The van der Waals surface area contributed by atoms with Crippen molar-refractivity contribution in [3.8, 4) is 0 Å². The third-order valence-electron chi connectivity index (χ3n) is 7.28. The second-order valence-corrected chi connectivity index (χ2v) is 10.8. The van der Waals surface area contributed by atoms with Crippen LogP contribution < -0.4 is 10.6 Å². The number of fused-ring (bicyclic) bond motifs is 1. The lowest BCUT2D eigenvalue weighted by atomic mass is 9.70. The molecule has 0 saturated carbocycles. The summed E-state index contributed by atoms with van der Waals surface area (Å²) in [6.45, 7) is 5.85. The van der Waals surface area contributed by atoms with E-state index in [-0.39, 0.29) is 29.2 Å². The first-order valence-electron chi connectivity index (χ1n) is 12.7. The number of unbranched alkanes of at least 4 members (excludes halogenated alkanes) is 5. The van der Waals surface area contributed by atoms with Crippen LogP contribution in [0.5, 0.6) is 0 Å². The summed E-state index contributed by atoms with van der Waals surface area (Å²) in [5.74, 6) is -1.68. The molecule has 3 unspecified atom stereocenters. The minimum Gasteiger partial charge on any atom is -0.396 e. The maximum absolute atomic E-state index is 13.7. The lowest BCUT2D eigenvalue weighted by molar-refractivity contribution is -0.142. The second-order valence-electron chi connectivity index (χ2n) is 9.62. The normalized spacial score (nSPS) is 32.3. The molecule has 188 valence electrons. The zero-order valence-electron chi connectivity index (χ0n) is 20.0. The number of aliphatic hydroxyl groups is 1. The summed E-state index contributed by atoms with van der Waals surface area (Å²) >= 11 is 3.68. The predicted octanol–water partition coefficient (Wildman–Crippen LogP) is 2.12. The van der Waals surface area contributed by atoms with Crippen LogP contribution in [0, 0.1) is 11.8 Å². The molecule has 0 aliphatic carbocycles. The molecular weight excluding hydrogens is 490 g/mol. The number of carbonyl (C=O) groups excluding carboxylic acids is 3. The summed E-state index contributed by atoms with van der Waals surface area (Å²) < 4.78 is 6.45. The van der Waals surface area contributed by atoms with Crippen LogP contribution >= 0.6 is 15.9 Å². The fourth-order valence-electron chi connectivity index (χ4n) is 5.77. The number of ether oxygens (including phenoxy) is 1. The van der Waals surface area contributed by atoms with E-state index in [2.05, 4.69) is 33.5 Å². The van der Waals surface area contributed by atoms with Crippen molar-refractivity contribution in [3.63, 3.8) is 0 Å². The van der Waals surface area contributed by atoms with Gasteiger partial charge in [0.15, 0.2) is 0 Å². The summed E-state index contributed by atoms with van der Waals surface area (Å²) in [5.41, 5.74) is -0.968. The molecule has 0 radical (unpaired) electrons. The smallest absolute Gasteiger partial charge is 0.245 e. The highest BCUT2D eigenvalue weighted by Crippen LogP contribution is 2.59. The first-order valence-corrected chi connectivity index (χ1v) is 13.6. The molecule has 3 rings (SSSR count). The van der Waals surface area contributed by atoms with Gasteiger partial charge in [-0.1, -0.05) is 55.5 Å². The van der Waals surface area contributed by atoms with Crippen LogP contribution in [0.1, 0.15) is 71.6 Å². The van der Waals surface area contributed by atoms with Gasteiger partial charge in [0, 0.05) is 31.1 Å². The fraction of sp³-hybridized carbons (Fsp3) is 0.875. The molecule has 0 aromatic heterocycles. The maximum Gasteiger partial charge on any atom is 0.245 e. The van der Waals surface area contributed by atoms with Gasteiger partial charge in [-0.15, -0.1) is 0 Å². The van der Waals surface area contributed by atoms with Crippen LogP contribution in [0.15, 0.2) is 0 Å². The number of alkyl halides is 1.